The van der Waals surface area contributed by atoms with Gasteiger partial charge in [-0.2, -0.15) is 0 Å². The summed E-state index contributed by atoms with van der Waals surface area (Å²) in [6.07, 6.45) is 10.1. The first-order chi connectivity index (χ1) is 22.5. The van der Waals surface area contributed by atoms with E-state index in [1.807, 2.05) is 67.1 Å². The van der Waals surface area contributed by atoms with Crippen LogP contribution in [0.2, 0.25) is 0 Å². The first-order valence-electron chi connectivity index (χ1n) is 17.0. The number of methoxy groups -OCH3 is 1. The number of halogens is 2. The number of hydrogen-bond acceptors (Lipinski definition) is 6. The number of benzene rings is 2. The maximum absolute atomic E-state index is 14.5. The molecule has 7 rings (SSSR count). The van der Waals surface area contributed by atoms with Crippen molar-refractivity contribution < 1.29 is 14.6 Å². The molecule has 0 bridgehead atoms. The summed E-state index contributed by atoms with van der Waals surface area (Å²) in [5, 5.41) is 15.2. The quantitative estimate of drug-likeness (QED) is 0.235. The fourth-order valence-corrected chi connectivity index (χ4v) is 8.32. The highest BCUT2D eigenvalue weighted by atomic mass is 35.5. The number of aliphatic hydroxyl groups is 1. The smallest absolute Gasteiger partial charge is 0.329 e. The van der Waals surface area contributed by atoms with Crippen molar-refractivity contribution in [1.82, 2.24) is 28.9 Å². The molecule has 12 heteroatoms. The minimum absolute atomic E-state index is 0. The molecule has 0 radical (unpaired) electrons. The molecule has 4 aromatic rings. The molecule has 1 saturated heterocycles. The number of carbonyl (C=O) groups excluding carboxylic acids is 1. The minimum atomic E-state index is -1.04. The van der Waals surface area contributed by atoms with Crippen LogP contribution in [0.25, 0.3) is 22.3 Å². The van der Waals surface area contributed by atoms with E-state index in [-0.39, 0.29) is 61.1 Å². The molecule has 2 aromatic carbocycles. The van der Waals surface area contributed by atoms with Gasteiger partial charge in [0.1, 0.15) is 5.60 Å². The highest BCUT2D eigenvalue weighted by Gasteiger charge is 2.42. The molecule has 3 aliphatic rings. The van der Waals surface area contributed by atoms with Crippen LogP contribution in [0.15, 0.2) is 65.7 Å². The van der Waals surface area contributed by atoms with Crippen LogP contribution in [0.3, 0.4) is 0 Å². The second-order valence-electron chi connectivity index (χ2n) is 13.4. The van der Waals surface area contributed by atoms with Crippen LogP contribution >= 0.6 is 24.8 Å². The number of nitrogens with one attached hydrogen (secondary N) is 1. The monoisotopic (exact) mass is 698 g/mol. The molecular formula is C36H48Cl2N6O4. The van der Waals surface area contributed by atoms with Gasteiger partial charge in [0.15, 0.2) is 5.69 Å². The van der Waals surface area contributed by atoms with Gasteiger partial charge in [0.25, 0.3) is 5.91 Å². The molecule has 2 aromatic heterocycles. The van der Waals surface area contributed by atoms with Crippen LogP contribution in [0.1, 0.15) is 80.4 Å². The van der Waals surface area contributed by atoms with Gasteiger partial charge >= 0.3 is 5.69 Å². The Kier molecular flexibility index (Phi) is 11.7. The van der Waals surface area contributed by atoms with Crippen molar-refractivity contribution in [2.75, 3.05) is 33.4 Å². The van der Waals surface area contributed by atoms with Gasteiger partial charge in [-0.1, -0.05) is 68.1 Å². The molecule has 260 valence electrons. The Labute approximate surface area is 294 Å². The van der Waals surface area contributed by atoms with E-state index in [4.69, 9.17) is 9.72 Å². The lowest BCUT2D eigenvalue weighted by Gasteiger charge is -2.41. The van der Waals surface area contributed by atoms with E-state index in [2.05, 4.69) is 11.4 Å². The number of para-hydroxylation sites is 2. The third-order valence-corrected chi connectivity index (χ3v) is 10.6. The number of hydrogen-bond donors (Lipinski definition) is 2. The van der Waals surface area contributed by atoms with Crippen LogP contribution in [0.4, 0.5) is 0 Å². The first-order valence-corrected chi connectivity index (χ1v) is 17.0. The predicted octanol–water partition coefficient (Wildman–Crippen LogP) is 5.62. The van der Waals surface area contributed by atoms with Crippen molar-refractivity contribution in [1.29, 1.82) is 0 Å². The van der Waals surface area contributed by atoms with E-state index >= 15 is 0 Å². The second-order valence-corrected chi connectivity index (χ2v) is 13.4. The van der Waals surface area contributed by atoms with Crippen molar-refractivity contribution in [3.63, 3.8) is 0 Å². The molecule has 1 aliphatic heterocycles. The molecule has 2 aliphatic carbocycles. The van der Waals surface area contributed by atoms with Gasteiger partial charge in [-0.25, -0.2) is 9.78 Å². The Morgan fingerprint density at radius 1 is 1.00 bits per heavy atom. The van der Waals surface area contributed by atoms with Gasteiger partial charge in [-0.05, 0) is 44.2 Å². The molecule has 3 heterocycles. The van der Waals surface area contributed by atoms with Crippen LogP contribution < -0.4 is 11.0 Å². The lowest BCUT2D eigenvalue weighted by molar-refractivity contribution is -0.0893. The van der Waals surface area contributed by atoms with E-state index in [0.717, 1.165) is 67.2 Å². The number of aromatic nitrogens is 4. The SMILES string of the molecule is COC[C@]1(O)CCCC[C@H]1n1cnc(C(=O)N2CCNC[C@H]2CCn2c(=O)n(C3CCCC3)c3ccccc32)c1-c1ccccc1.Cl.Cl. The lowest BCUT2D eigenvalue weighted by Crippen LogP contribution is -2.54. The zero-order valence-electron chi connectivity index (χ0n) is 27.6. The lowest BCUT2D eigenvalue weighted by atomic mass is 9.80. The Balaban J connectivity index is 0.00000225. The number of amides is 1. The molecule has 3 fully saturated rings. The number of carbonyl (C=O) groups is 1. The number of nitrogens with zero attached hydrogens (tertiary/aromatic N) is 5. The van der Waals surface area contributed by atoms with Gasteiger partial charge in [0, 0.05) is 50.9 Å². The van der Waals surface area contributed by atoms with E-state index in [9.17, 15) is 14.7 Å². The normalized spacial score (nSPS) is 23.2. The fraction of sp³-hybridized carbons (Fsp3) is 0.528. The summed E-state index contributed by atoms with van der Waals surface area (Å²) in [5.74, 6) is -0.115. The van der Waals surface area contributed by atoms with Gasteiger partial charge in [-0.3, -0.25) is 13.9 Å². The zero-order chi connectivity index (χ0) is 31.7. The Hall–Kier alpha value is -3.15. The second kappa shape index (κ2) is 15.6. The zero-order valence-corrected chi connectivity index (χ0v) is 29.3. The summed E-state index contributed by atoms with van der Waals surface area (Å²) in [6, 6.07) is 17.9. The highest BCUT2D eigenvalue weighted by Crippen LogP contribution is 2.41. The number of fused-ring (bicyclic) bond motifs is 1. The number of imidazole rings is 2. The highest BCUT2D eigenvalue weighted by molar-refractivity contribution is 5.98. The molecule has 1 amide bonds. The Morgan fingerprint density at radius 3 is 2.46 bits per heavy atom. The number of ether oxygens (including phenoxy) is 1. The van der Waals surface area contributed by atoms with Crippen LogP contribution in [0.5, 0.6) is 0 Å². The summed E-state index contributed by atoms with van der Waals surface area (Å²) in [6.45, 7) is 2.66. The largest absolute Gasteiger partial charge is 0.385 e. The van der Waals surface area contributed by atoms with E-state index in [1.54, 1.807) is 13.4 Å². The van der Waals surface area contributed by atoms with Crippen LogP contribution in [-0.2, 0) is 11.3 Å². The van der Waals surface area contributed by atoms with Crippen LogP contribution in [-0.4, -0.2) is 79.6 Å². The van der Waals surface area contributed by atoms with Crippen molar-refractivity contribution in [3.05, 3.63) is 77.1 Å². The van der Waals surface area contributed by atoms with Crippen molar-refractivity contribution in [2.24, 2.45) is 0 Å². The van der Waals surface area contributed by atoms with Crippen molar-refractivity contribution in [3.8, 4) is 11.3 Å². The van der Waals surface area contributed by atoms with Crippen LogP contribution in [0, 0.1) is 0 Å². The Bertz CT molecular complexity index is 1730. The average molecular weight is 700 g/mol. The van der Waals surface area contributed by atoms with Gasteiger partial charge in [0.2, 0.25) is 0 Å². The Morgan fingerprint density at radius 2 is 1.71 bits per heavy atom. The standard InChI is InChI=1S/C36H46N6O4.2ClH/c1-46-24-36(45)19-10-9-17-31(36)41-25-38-32(33(41)26-11-3-2-4-12-26)34(43)39-22-20-37-23-28(39)18-21-40-29-15-7-8-16-30(29)42(35(40)44)27-13-5-6-14-27;;/h2-4,7-8,11-12,15-16,25,27-28,31,37,45H,5-6,9-10,13-14,17-24H2,1H3;2*1H/t28-,31-,36-;;/m1../s1. The average Bonchev–Trinajstić information content (AvgIpc) is 3.82. The first kappa shape index (κ1) is 36.1. The van der Waals surface area contributed by atoms with E-state index < -0.39 is 5.60 Å². The van der Waals surface area contributed by atoms with Gasteiger partial charge in [0.05, 0.1) is 35.7 Å². The molecule has 2 N–H and O–H groups in total. The summed E-state index contributed by atoms with van der Waals surface area (Å²) < 4.78 is 11.4. The maximum Gasteiger partial charge on any atom is 0.329 e. The summed E-state index contributed by atoms with van der Waals surface area (Å²) >= 11 is 0. The number of aryl methyl sites for hydroxylation is 1. The number of rotatable bonds is 9. The third kappa shape index (κ3) is 6.70. The predicted molar refractivity (Wildman–Crippen MR) is 193 cm³/mol. The summed E-state index contributed by atoms with van der Waals surface area (Å²) in [4.78, 5) is 35.1. The summed E-state index contributed by atoms with van der Waals surface area (Å²) in [5.41, 5.74) is 3.01. The van der Waals surface area contributed by atoms with Gasteiger partial charge in [-0.15, -0.1) is 24.8 Å². The van der Waals surface area contributed by atoms with Crippen molar-refractivity contribution in [2.45, 2.75) is 88.1 Å². The topological polar surface area (TPSA) is 107 Å². The van der Waals surface area contributed by atoms with E-state index in [0.29, 0.717) is 44.7 Å². The van der Waals surface area contributed by atoms with Crippen molar-refractivity contribution >= 4 is 41.8 Å². The molecule has 0 spiro atoms. The fourth-order valence-electron chi connectivity index (χ4n) is 8.32. The molecule has 10 nitrogen and oxygen atoms in total. The number of piperazine rings is 1. The molecule has 48 heavy (non-hydrogen) atoms. The minimum Gasteiger partial charge on any atom is -0.385 e. The molecule has 3 atom stereocenters. The maximum atomic E-state index is 14.5. The summed E-state index contributed by atoms with van der Waals surface area (Å²) in [7, 11) is 1.62. The molecular weight excluding hydrogens is 651 g/mol. The molecule has 2 saturated carbocycles. The van der Waals surface area contributed by atoms with Gasteiger partial charge < -0.3 is 24.6 Å². The van der Waals surface area contributed by atoms with E-state index in [1.165, 1.54) is 0 Å². The third-order valence-electron chi connectivity index (χ3n) is 10.6. The molecule has 0 unspecified atom stereocenters.